The van der Waals surface area contributed by atoms with E-state index in [1.54, 1.807) is 50.7 Å². The molecule has 1 aromatic heterocycles. The molecule has 162 valence electrons. The number of rotatable bonds is 8. The van der Waals surface area contributed by atoms with Crippen LogP contribution < -0.4 is 25.1 Å². The Morgan fingerprint density at radius 3 is 2.35 bits per heavy atom. The SMILES string of the molecule is COc1ccc(CC(=O)NNC(=O)CSc2nncc3ccc(OC)c(OC)c23)cc1. The van der Waals surface area contributed by atoms with Crippen molar-refractivity contribution in [3.8, 4) is 17.2 Å². The van der Waals surface area contributed by atoms with Crippen molar-refractivity contribution >= 4 is 34.3 Å². The van der Waals surface area contributed by atoms with Gasteiger partial charge in [-0.3, -0.25) is 20.4 Å². The van der Waals surface area contributed by atoms with Gasteiger partial charge in [-0.1, -0.05) is 23.9 Å². The van der Waals surface area contributed by atoms with E-state index < -0.39 is 0 Å². The summed E-state index contributed by atoms with van der Waals surface area (Å²) in [7, 11) is 4.66. The molecule has 0 atom stereocenters. The number of hydrazine groups is 1. The third-order valence-corrected chi connectivity index (χ3v) is 5.31. The first-order valence-corrected chi connectivity index (χ1v) is 10.2. The lowest BCUT2D eigenvalue weighted by molar-refractivity contribution is -0.127. The topological polar surface area (TPSA) is 112 Å². The van der Waals surface area contributed by atoms with Crippen LogP contribution in [-0.2, 0) is 16.0 Å². The van der Waals surface area contributed by atoms with E-state index in [1.807, 2.05) is 6.07 Å². The maximum absolute atomic E-state index is 12.2. The molecule has 2 amide bonds. The van der Waals surface area contributed by atoms with E-state index >= 15 is 0 Å². The first kappa shape index (κ1) is 22.2. The minimum atomic E-state index is -0.381. The third kappa shape index (κ3) is 5.54. The first-order chi connectivity index (χ1) is 15.0. The largest absolute Gasteiger partial charge is 0.497 e. The number of thioether (sulfide) groups is 1. The molecule has 2 aromatic carbocycles. The summed E-state index contributed by atoms with van der Waals surface area (Å²) in [6, 6.07) is 10.7. The Morgan fingerprint density at radius 1 is 0.935 bits per heavy atom. The number of hydrogen-bond donors (Lipinski definition) is 2. The minimum absolute atomic E-state index is 0.0248. The number of benzene rings is 2. The van der Waals surface area contributed by atoms with E-state index in [4.69, 9.17) is 14.2 Å². The molecule has 0 aliphatic carbocycles. The molecule has 0 saturated carbocycles. The Balaban J connectivity index is 1.58. The lowest BCUT2D eigenvalue weighted by atomic mass is 10.1. The quantitative estimate of drug-likeness (QED) is 0.403. The van der Waals surface area contributed by atoms with Crippen LogP contribution in [-0.4, -0.2) is 49.1 Å². The first-order valence-electron chi connectivity index (χ1n) is 9.25. The van der Waals surface area contributed by atoms with E-state index in [0.29, 0.717) is 27.7 Å². The molecule has 0 spiro atoms. The van der Waals surface area contributed by atoms with Gasteiger partial charge in [-0.15, -0.1) is 5.10 Å². The summed E-state index contributed by atoms with van der Waals surface area (Å²) in [5.74, 6) is 1.09. The monoisotopic (exact) mass is 442 g/mol. The molecule has 1 heterocycles. The number of carbonyl (C=O) groups is 2. The molecule has 3 aromatic rings. The predicted octanol–water partition coefficient (Wildman–Crippen LogP) is 2.14. The number of nitrogens with zero attached hydrogens (tertiary/aromatic N) is 2. The van der Waals surface area contributed by atoms with Crippen LogP contribution in [0.1, 0.15) is 5.56 Å². The zero-order chi connectivity index (χ0) is 22.2. The number of ether oxygens (including phenoxy) is 3. The number of methoxy groups -OCH3 is 3. The van der Waals surface area contributed by atoms with E-state index in [9.17, 15) is 9.59 Å². The average Bonchev–Trinajstić information content (AvgIpc) is 2.80. The lowest BCUT2D eigenvalue weighted by Crippen LogP contribution is -2.43. The maximum Gasteiger partial charge on any atom is 0.248 e. The molecule has 0 aliphatic rings. The molecular formula is C21H22N4O5S. The van der Waals surface area contributed by atoms with Gasteiger partial charge in [0.15, 0.2) is 11.5 Å². The molecule has 31 heavy (non-hydrogen) atoms. The van der Waals surface area contributed by atoms with Crippen LogP contribution in [0.3, 0.4) is 0 Å². The second kappa shape index (κ2) is 10.5. The Kier molecular flexibility index (Phi) is 7.50. The van der Waals surface area contributed by atoms with Crippen molar-refractivity contribution < 1.29 is 23.8 Å². The fourth-order valence-electron chi connectivity index (χ4n) is 2.85. The summed E-state index contributed by atoms with van der Waals surface area (Å²) in [5.41, 5.74) is 5.62. The highest BCUT2D eigenvalue weighted by atomic mass is 32.2. The highest BCUT2D eigenvalue weighted by molar-refractivity contribution is 8.00. The van der Waals surface area contributed by atoms with E-state index in [0.717, 1.165) is 10.9 Å². The summed E-state index contributed by atoms with van der Waals surface area (Å²) < 4.78 is 15.9. The van der Waals surface area contributed by atoms with Gasteiger partial charge >= 0.3 is 0 Å². The van der Waals surface area contributed by atoms with Crippen LogP contribution in [0, 0.1) is 0 Å². The number of aromatic nitrogens is 2. The minimum Gasteiger partial charge on any atom is -0.497 e. The number of hydrogen-bond acceptors (Lipinski definition) is 8. The Morgan fingerprint density at radius 2 is 1.68 bits per heavy atom. The number of carbonyl (C=O) groups excluding carboxylic acids is 2. The molecule has 0 saturated heterocycles. The second-order valence-corrected chi connectivity index (χ2v) is 7.29. The molecule has 0 aliphatic heterocycles. The Labute approximate surface area is 183 Å². The van der Waals surface area contributed by atoms with Crippen molar-refractivity contribution in [3.05, 3.63) is 48.2 Å². The van der Waals surface area contributed by atoms with Crippen LogP contribution in [0.5, 0.6) is 17.2 Å². The average molecular weight is 442 g/mol. The zero-order valence-electron chi connectivity index (χ0n) is 17.3. The lowest BCUT2D eigenvalue weighted by Gasteiger charge is -2.12. The smallest absolute Gasteiger partial charge is 0.248 e. The molecule has 0 bridgehead atoms. The van der Waals surface area contributed by atoms with Crippen molar-refractivity contribution in [2.24, 2.45) is 0 Å². The van der Waals surface area contributed by atoms with Gasteiger partial charge in [0.2, 0.25) is 11.8 Å². The highest BCUT2D eigenvalue weighted by Crippen LogP contribution is 2.39. The highest BCUT2D eigenvalue weighted by Gasteiger charge is 2.16. The fourth-order valence-corrected chi connectivity index (χ4v) is 3.65. The van der Waals surface area contributed by atoms with Gasteiger partial charge in [0.1, 0.15) is 10.8 Å². The molecule has 0 radical (unpaired) electrons. The van der Waals surface area contributed by atoms with Gasteiger partial charge in [-0.25, -0.2) is 0 Å². The van der Waals surface area contributed by atoms with Gasteiger partial charge < -0.3 is 14.2 Å². The van der Waals surface area contributed by atoms with Gasteiger partial charge in [0, 0.05) is 5.39 Å². The maximum atomic E-state index is 12.2. The standard InChI is InChI=1S/C21H22N4O5S/c1-28-15-7-4-13(5-8-15)10-17(26)23-24-18(27)12-31-21-19-14(11-22-25-21)6-9-16(29-2)20(19)30-3/h4-9,11H,10,12H2,1-3H3,(H,23,26)(H,24,27). The van der Waals surface area contributed by atoms with Crippen molar-refractivity contribution in [1.29, 1.82) is 0 Å². The summed E-state index contributed by atoms with van der Waals surface area (Å²) in [4.78, 5) is 24.3. The van der Waals surface area contributed by atoms with E-state index in [-0.39, 0.29) is 24.0 Å². The van der Waals surface area contributed by atoms with Crippen molar-refractivity contribution in [1.82, 2.24) is 21.0 Å². The molecule has 0 unspecified atom stereocenters. The van der Waals surface area contributed by atoms with Crippen LogP contribution in [0.25, 0.3) is 10.8 Å². The predicted molar refractivity (Wildman–Crippen MR) is 116 cm³/mol. The Hall–Kier alpha value is -3.53. The van der Waals surface area contributed by atoms with Crippen LogP contribution in [0.15, 0.2) is 47.6 Å². The van der Waals surface area contributed by atoms with Crippen LogP contribution in [0.2, 0.25) is 0 Å². The van der Waals surface area contributed by atoms with E-state index in [2.05, 4.69) is 21.0 Å². The molecule has 10 heteroatoms. The Bertz CT molecular complexity index is 1080. The number of nitrogens with one attached hydrogen (secondary N) is 2. The van der Waals surface area contributed by atoms with Crippen LogP contribution >= 0.6 is 11.8 Å². The number of fused-ring (bicyclic) bond motifs is 1. The van der Waals surface area contributed by atoms with Gasteiger partial charge in [0.05, 0.1) is 45.1 Å². The summed E-state index contributed by atoms with van der Waals surface area (Å²) in [6.07, 6.45) is 1.74. The summed E-state index contributed by atoms with van der Waals surface area (Å²) in [5, 5.41) is 10.1. The molecule has 0 fully saturated rings. The second-order valence-electron chi connectivity index (χ2n) is 6.32. The normalized spacial score (nSPS) is 10.4. The summed E-state index contributed by atoms with van der Waals surface area (Å²) >= 11 is 1.18. The zero-order valence-corrected chi connectivity index (χ0v) is 18.1. The van der Waals surface area contributed by atoms with Gasteiger partial charge in [0.25, 0.3) is 0 Å². The van der Waals surface area contributed by atoms with E-state index in [1.165, 1.54) is 18.9 Å². The van der Waals surface area contributed by atoms with Crippen molar-refractivity contribution in [3.63, 3.8) is 0 Å². The van der Waals surface area contributed by atoms with Crippen molar-refractivity contribution in [2.75, 3.05) is 27.1 Å². The van der Waals surface area contributed by atoms with Crippen LogP contribution in [0.4, 0.5) is 0 Å². The van der Waals surface area contributed by atoms with Gasteiger partial charge in [-0.2, -0.15) is 5.10 Å². The van der Waals surface area contributed by atoms with Crippen molar-refractivity contribution in [2.45, 2.75) is 11.4 Å². The molecular weight excluding hydrogens is 420 g/mol. The number of amides is 2. The fraction of sp³-hybridized carbons (Fsp3) is 0.238. The molecule has 9 nitrogen and oxygen atoms in total. The van der Waals surface area contributed by atoms with Gasteiger partial charge in [-0.05, 0) is 29.8 Å². The third-order valence-electron chi connectivity index (χ3n) is 4.34. The molecule has 2 N–H and O–H groups in total. The summed E-state index contributed by atoms with van der Waals surface area (Å²) in [6.45, 7) is 0. The molecule has 3 rings (SSSR count).